The van der Waals surface area contributed by atoms with Gasteiger partial charge in [-0.3, -0.25) is 4.79 Å². The molecular weight excluding hydrogens is 517 g/mol. The zero-order valence-electron chi connectivity index (χ0n) is 18.4. The molecule has 2 aromatic heterocycles. The molecule has 0 saturated heterocycles. The minimum atomic E-state index is -3.58. The van der Waals surface area contributed by atoms with Crippen LogP contribution in [0.4, 0.5) is 11.5 Å². The van der Waals surface area contributed by atoms with Gasteiger partial charge in [0.1, 0.15) is 28.5 Å². The molecule has 0 saturated carbocycles. The topological polar surface area (TPSA) is 151 Å². The molecule has 3 aromatic rings. The van der Waals surface area contributed by atoms with Crippen LogP contribution in [0.25, 0.3) is 0 Å². The Morgan fingerprint density at radius 1 is 1.06 bits per heavy atom. The van der Waals surface area contributed by atoms with Crippen molar-refractivity contribution >= 4 is 56.4 Å². The van der Waals surface area contributed by atoms with Crippen LogP contribution < -0.4 is 10.6 Å². The van der Waals surface area contributed by atoms with Gasteiger partial charge in [-0.05, 0) is 36.2 Å². The molecule has 35 heavy (non-hydrogen) atoms. The fourth-order valence-electron chi connectivity index (χ4n) is 3.10. The number of pyridine rings is 1. The van der Waals surface area contributed by atoms with E-state index in [0.717, 1.165) is 6.33 Å². The average molecular weight is 538 g/mol. The first-order valence-electron chi connectivity index (χ1n) is 10.3. The quantitative estimate of drug-likeness (QED) is 0.259. The molecular formula is C22H21Cl2N5O5S. The number of benzene rings is 1. The van der Waals surface area contributed by atoms with Crippen LogP contribution in [0.3, 0.4) is 0 Å². The van der Waals surface area contributed by atoms with Gasteiger partial charge in [-0.25, -0.2) is 28.2 Å². The molecule has 0 unspecified atom stereocenters. The van der Waals surface area contributed by atoms with E-state index in [4.69, 9.17) is 23.2 Å². The number of aliphatic carboxylic acids is 1. The number of nitrogens with zero attached hydrogens (tertiary/aromatic N) is 3. The predicted molar refractivity (Wildman–Crippen MR) is 132 cm³/mol. The molecule has 0 aliphatic rings. The summed E-state index contributed by atoms with van der Waals surface area (Å²) in [6.45, 7) is 1.74. The lowest BCUT2D eigenvalue weighted by Crippen LogP contribution is -2.32. The number of halogens is 2. The maximum Gasteiger partial charge on any atom is 0.326 e. The van der Waals surface area contributed by atoms with Gasteiger partial charge in [-0.15, -0.1) is 0 Å². The number of hydrogen-bond acceptors (Lipinski definition) is 8. The van der Waals surface area contributed by atoms with Crippen LogP contribution in [-0.2, 0) is 21.1 Å². The maximum absolute atomic E-state index is 12.4. The van der Waals surface area contributed by atoms with E-state index in [-0.39, 0.29) is 38.9 Å². The van der Waals surface area contributed by atoms with Gasteiger partial charge in [-0.1, -0.05) is 42.3 Å². The lowest BCUT2D eigenvalue weighted by molar-refractivity contribution is -0.137. The first kappa shape index (κ1) is 26.3. The maximum atomic E-state index is 12.4. The third-order valence-electron chi connectivity index (χ3n) is 4.73. The summed E-state index contributed by atoms with van der Waals surface area (Å²) in [5.41, 5.74) is 1.37. The molecule has 13 heteroatoms. The summed E-state index contributed by atoms with van der Waals surface area (Å²) < 4.78 is 24.5. The number of sulfone groups is 1. The Morgan fingerprint density at radius 2 is 1.71 bits per heavy atom. The molecule has 1 aromatic carbocycles. The minimum absolute atomic E-state index is 0.0696. The number of carboxylic acids is 1. The Kier molecular flexibility index (Phi) is 8.60. The van der Waals surface area contributed by atoms with Crippen LogP contribution in [-0.4, -0.2) is 52.1 Å². The highest BCUT2D eigenvalue weighted by molar-refractivity contribution is 7.91. The summed E-state index contributed by atoms with van der Waals surface area (Å²) in [5.74, 6) is -1.58. The van der Waals surface area contributed by atoms with Crippen molar-refractivity contribution < 1.29 is 23.1 Å². The van der Waals surface area contributed by atoms with Gasteiger partial charge in [0.2, 0.25) is 0 Å². The second-order valence-corrected chi connectivity index (χ2v) is 10.3. The number of carboxylic acid groups (broad SMARTS) is 1. The largest absolute Gasteiger partial charge is 0.480 e. The number of carbonyl (C=O) groups excluding carboxylic acids is 1. The van der Waals surface area contributed by atoms with Crippen LogP contribution in [0.15, 0.2) is 53.8 Å². The van der Waals surface area contributed by atoms with Crippen molar-refractivity contribution in [2.45, 2.75) is 30.8 Å². The fourth-order valence-corrected chi connectivity index (χ4v) is 4.81. The number of amides is 1. The van der Waals surface area contributed by atoms with Crippen molar-refractivity contribution in [3.05, 3.63) is 70.2 Å². The van der Waals surface area contributed by atoms with Crippen molar-refractivity contribution in [2.24, 2.45) is 0 Å². The lowest BCUT2D eigenvalue weighted by Gasteiger charge is -2.16. The molecule has 0 spiro atoms. The molecule has 0 aliphatic carbocycles. The third-order valence-corrected chi connectivity index (χ3v) is 6.92. The highest BCUT2D eigenvalue weighted by atomic mass is 35.5. The number of nitrogens with one attached hydrogen (secondary N) is 2. The number of carbonyl (C=O) groups is 2. The fraction of sp³-hybridized carbons (Fsp3) is 0.227. The van der Waals surface area contributed by atoms with Crippen molar-refractivity contribution in [3.8, 4) is 0 Å². The molecule has 1 atom stereocenters. The van der Waals surface area contributed by atoms with Gasteiger partial charge in [0.15, 0.2) is 14.9 Å². The van der Waals surface area contributed by atoms with Gasteiger partial charge < -0.3 is 15.7 Å². The summed E-state index contributed by atoms with van der Waals surface area (Å²) in [6, 6.07) is 9.46. The van der Waals surface area contributed by atoms with Gasteiger partial charge in [0, 0.05) is 23.7 Å². The molecule has 3 N–H and O–H groups in total. The van der Waals surface area contributed by atoms with Gasteiger partial charge in [0.05, 0.1) is 5.75 Å². The zero-order chi connectivity index (χ0) is 25.6. The molecule has 0 radical (unpaired) electrons. The first-order chi connectivity index (χ1) is 16.6. The first-order valence-corrected chi connectivity index (χ1v) is 12.8. The van der Waals surface area contributed by atoms with E-state index in [1.165, 1.54) is 18.2 Å². The summed E-state index contributed by atoms with van der Waals surface area (Å²) in [5, 5.41) is 15.1. The predicted octanol–water partition coefficient (Wildman–Crippen LogP) is 3.72. The average Bonchev–Trinajstić information content (AvgIpc) is 2.79. The summed E-state index contributed by atoms with van der Waals surface area (Å²) in [6.07, 6.45) is 1.57. The molecule has 2 heterocycles. The van der Waals surface area contributed by atoms with E-state index in [0.29, 0.717) is 17.7 Å². The van der Waals surface area contributed by atoms with E-state index in [2.05, 4.69) is 25.6 Å². The van der Waals surface area contributed by atoms with Crippen LogP contribution in [0.5, 0.6) is 0 Å². The Bertz CT molecular complexity index is 1320. The summed E-state index contributed by atoms with van der Waals surface area (Å²) in [7, 11) is -3.58. The second kappa shape index (κ2) is 11.4. The number of hydrogen-bond donors (Lipinski definition) is 3. The standard InChI is InChI=1S/C22H21Cl2N5O5S/c1-2-7-35(33,34)20-11-19(25-12-26-20)28-16(22(31)32)8-13-3-5-15(6-4-13)27-21(30)14-9-17(23)29-18(24)10-14/h3-6,9-12,16H,2,7-8H2,1H3,(H,27,30)(H,31,32)(H,25,26,28)/t16-/m0/s1. The molecule has 184 valence electrons. The van der Waals surface area contributed by atoms with Crippen molar-refractivity contribution in [1.29, 1.82) is 0 Å². The highest BCUT2D eigenvalue weighted by Crippen LogP contribution is 2.19. The SMILES string of the molecule is CCCS(=O)(=O)c1cc(N[C@@H](Cc2ccc(NC(=O)c3cc(Cl)nc(Cl)c3)cc2)C(=O)O)ncn1. The smallest absolute Gasteiger partial charge is 0.326 e. The molecule has 0 bridgehead atoms. The molecule has 0 fully saturated rings. The lowest BCUT2D eigenvalue weighted by atomic mass is 10.1. The number of anilines is 2. The van der Waals surface area contributed by atoms with Crippen LogP contribution in [0, 0.1) is 0 Å². The molecule has 3 rings (SSSR count). The second-order valence-electron chi connectivity index (χ2n) is 7.45. The molecule has 1 amide bonds. The Hall–Kier alpha value is -3.28. The van der Waals surface area contributed by atoms with Crippen LogP contribution in [0.2, 0.25) is 10.3 Å². The van der Waals surface area contributed by atoms with E-state index < -0.39 is 27.8 Å². The van der Waals surface area contributed by atoms with Gasteiger partial charge in [0.25, 0.3) is 5.91 Å². The monoisotopic (exact) mass is 537 g/mol. The van der Waals surface area contributed by atoms with Gasteiger partial charge >= 0.3 is 5.97 Å². The van der Waals surface area contributed by atoms with Crippen molar-refractivity contribution in [2.75, 3.05) is 16.4 Å². The van der Waals surface area contributed by atoms with E-state index >= 15 is 0 Å². The van der Waals surface area contributed by atoms with E-state index in [9.17, 15) is 23.1 Å². The minimum Gasteiger partial charge on any atom is -0.480 e. The third kappa shape index (κ3) is 7.35. The Morgan fingerprint density at radius 3 is 2.31 bits per heavy atom. The van der Waals surface area contributed by atoms with Crippen molar-refractivity contribution in [1.82, 2.24) is 15.0 Å². The van der Waals surface area contributed by atoms with Crippen LogP contribution in [0.1, 0.15) is 29.3 Å². The molecule has 10 nitrogen and oxygen atoms in total. The summed E-state index contributed by atoms with van der Waals surface area (Å²) in [4.78, 5) is 35.7. The van der Waals surface area contributed by atoms with E-state index in [1.807, 2.05) is 0 Å². The molecule has 0 aliphatic heterocycles. The number of rotatable bonds is 10. The number of aromatic nitrogens is 3. The normalized spacial score (nSPS) is 12.1. The Balaban J connectivity index is 1.69. The highest BCUT2D eigenvalue weighted by Gasteiger charge is 2.21. The summed E-state index contributed by atoms with van der Waals surface area (Å²) >= 11 is 11.7. The van der Waals surface area contributed by atoms with E-state index in [1.54, 1.807) is 31.2 Å². The van der Waals surface area contributed by atoms with Gasteiger partial charge in [-0.2, -0.15) is 0 Å². The zero-order valence-corrected chi connectivity index (χ0v) is 20.7. The van der Waals surface area contributed by atoms with Crippen LogP contribution >= 0.6 is 23.2 Å². The Labute approximate surface area is 211 Å². The van der Waals surface area contributed by atoms with Crippen molar-refractivity contribution in [3.63, 3.8) is 0 Å².